The van der Waals surface area contributed by atoms with Crippen LogP contribution in [0.25, 0.3) is 11.1 Å². The number of hydrogen-bond donors (Lipinski definition) is 2. The molecule has 1 saturated heterocycles. The number of nitrogens with one attached hydrogen (secondary N) is 1. The van der Waals surface area contributed by atoms with E-state index in [0.717, 1.165) is 17.3 Å². The van der Waals surface area contributed by atoms with Crippen molar-refractivity contribution in [2.75, 3.05) is 0 Å². The molecule has 2 unspecified atom stereocenters. The highest BCUT2D eigenvalue weighted by Crippen LogP contribution is 2.47. The number of halogens is 4. The Bertz CT molecular complexity index is 1330. The Kier molecular flexibility index (Phi) is 6.63. The second-order valence-corrected chi connectivity index (χ2v) is 10.2. The number of ether oxygens (including phenoxy) is 1. The highest BCUT2D eigenvalue weighted by molar-refractivity contribution is 8.00. The Morgan fingerprint density at radius 3 is 2.57 bits per heavy atom. The zero-order valence-corrected chi connectivity index (χ0v) is 19.4. The molecule has 0 aliphatic carbocycles. The van der Waals surface area contributed by atoms with Crippen molar-refractivity contribution in [1.82, 2.24) is 20.8 Å². The maximum atomic E-state index is 16.0. The van der Waals surface area contributed by atoms with Gasteiger partial charge >= 0.3 is 6.36 Å². The van der Waals surface area contributed by atoms with Gasteiger partial charge in [-0.3, -0.25) is 0 Å². The highest BCUT2D eigenvalue weighted by Gasteiger charge is 2.48. The Labute approximate surface area is 201 Å². The second-order valence-electron chi connectivity index (χ2n) is 7.22. The van der Waals surface area contributed by atoms with Gasteiger partial charge in [-0.05, 0) is 37.3 Å². The number of hydroxylamine groups is 1. The van der Waals surface area contributed by atoms with E-state index in [1.54, 1.807) is 6.92 Å². The largest absolute Gasteiger partial charge is 0.573 e. The molecule has 1 fully saturated rings. The van der Waals surface area contributed by atoms with Gasteiger partial charge in [-0.1, -0.05) is 35.1 Å². The minimum Gasteiger partial charge on any atom is -0.406 e. The van der Waals surface area contributed by atoms with E-state index >= 15 is 4.39 Å². The van der Waals surface area contributed by atoms with Crippen molar-refractivity contribution in [3.05, 3.63) is 66.5 Å². The van der Waals surface area contributed by atoms with E-state index in [9.17, 15) is 21.6 Å². The van der Waals surface area contributed by atoms with Crippen LogP contribution in [0.2, 0.25) is 0 Å². The third-order valence-corrected chi connectivity index (χ3v) is 6.87. The van der Waals surface area contributed by atoms with Crippen LogP contribution < -0.4 is 20.1 Å². The first-order chi connectivity index (χ1) is 16.4. The van der Waals surface area contributed by atoms with Crippen molar-refractivity contribution in [3.8, 4) is 22.6 Å². The quantitative estimate of drug-likeness (QED) is 0.363. The van der Waals surface area contributed by atoms with Crippen molar-refractivity contribution in [2.45, 2.75) is 28.7 Å². The van der Waals surface area contributed by atoms with E-state index < -0.39 is 37.5 Å². The summed E-state index contributed by atoms with van der Waals surface area (Å²) in [6.45, 7) is 1.58. The molecule has 0 saturated carbocycles. The van der Waals surface area contributed by atoms with Crippen molar-refractivity contribution < 1.29 is 35.6 Å². The van der Waals surface area contributed by atoms with Crippen LogP contribution in [0.5, 0.6) is 11.5 Å². The standard InChI is InChI=1S/C20H17F4N5O4S2/c1-12-29(28-19(21,34-12)16-4-2-3-5-18(16)35(25,30)31)33-17-7-6-14(32-20(22,23)24)10-15(17)13-8-9-26-27-11-13/h2-12,28H,1H3,(H2,25,30,31). The number of hydrazine groups is 1. The smallest absolute Gasteiger partial charge is 0.406 e. The molecule has 1 aliphatic heterocycles. The van der Waals surface area contributed by atoms with Gasteiger partial charge in [-0.25, -0.2) is 17.9 Å². The molecular formula is C20H17F4N5O4S2. The second kappa shape index (κ2) is 9.23. The maximum Gasteiger partial charge on any atom is 0.573 e. The minimum atomic E-state index is -4.91. The molecule has 9 nitrogen and oxygen atoms in total. The predicted octanol–water partition coefficient (Wildman–Crippen LogP) is 3.66. The van der Waals surface area contributed by atoms with Crippen LogP contribution in [0.4, 0.5) is 17.6 Å². The van der Waals surface area contributed by atoms with Crippen LogP contribution in [0.3, 0.4) is 0 Å². The SMILES string of the molecule is CC1SC(F)(c2ccccc2S(N)(=O)=O)NN1Oc1ccc(OC(F)(F)F)cc1-c1ccnnc1. The number of thioether (sulfide) groups is 1. The summed E-state index contributed by atoms with van der Waals surface area (Å²) in [5.74, 6) is -0.466. The molecule has 2 atom stereocenters. The van der Waals surface area contributed by atoms with Gasteiger partial charge in [0.05, 0.1) is 17.3 Å². The van der Waals surface area contributed by atoms with Crippen LogP contribution in [-0.4, -0.2) is 35.5 Å². The molecule has 15 heteroatoms. The molecule has 3 N–H and O–H groups in total. The molecule has 1 aromatic heterocycles. The lowest BCUT2D eigenvalue weighted by atomic mass is 10.1. The molecule has 4 rings (SSSR count). The van der Waals surface area contributed by atoms with E-state index in [4.69, 9.17) is 9.98 Å². The predicted molar refractivity (Wildman–Crippen MR) is 117 cm³/mol. The molecule has 1 aliphatic rings. The lowest BCUT2D eigenvalue weighted by Crippen LogP contribution is -2.44. The molecule has 186 valence electrons. The van der Waals surface area contributed by atoms with Gasteiger partial charge in [0, 0.05) is 16.7 Å². The molecule has 0 spiro atoms. The molecule has 0 radical (unpaired) electrons. The Balaban J connectivity index is 1.67. The fourth-order valence-electron chi connectivity index (χ4n) is 3.31. The number of benzene rings is 2. The van der Waals surface area contributed by atoms with Crippen molar-refractivity contribution in [2.24, 2.45) is 5.14 Å². The zero-order chi connectivity index (χ0) is 25.4. The highest BCUT2D eigenvalue weighted by atomic mass is 32.2. The summed E-state index contributed by atoms with van der Waals surface area (Å²) in [4.78, 5) is 5.39. The lowest BCUT2D eigenvalue weighted by Gasteiger charge is -2.24. The van der Waals surface area contributed by atoms with Crippen LogP contribution in [0, 0.1) is 0 Å². The van der Waals surface area contributed by atoms with E-state index in [0.29, 0.717) is 17.3 Å². The first-order valence-corrected chi connectivity index (χ1v) is 12.2. The fourth-order valence-corrected chi connectivity index (χ4v) is 5.27. The summed E-state index contributed by atoms with van der Waals surface area (Å²) in [5, 5.41) is 10.5. The lowest BCUT2D eigenvalue weighted by molar-refractivity contribution is -0.274. The first-order valence-electron chi connectivity index (χ1n) is 9.77. The zero-order valence-electron chi connectivity index (χ0n) is 17.7. The normalized spacial score (nSPS) is 21.1. The topological polar surface area (TPSA) is 120 Å². The van der Waals surface area contributed by atoms with Gasteiger partial charge in [-0.15, -0.1) is 13.2 Å². The Morgan fingerprint density at radius 2 is 1.91 bits per heavy atom. The maximum absolute atomic E-state index is 16.0. The number of aromatic nitrogens is 2. The average molecular weight is 532 g/mol. The molecule has 2 heterocycles. The van der Waals surface area contributed by atoms with Crippen molar-refractivity contribution in [3.63, 3.8) is 0 Å². The molecule has 2 aromatic carbocycles. The first kappa shape index (κ1) is 25.1. The van der Waals surface area contributed by atoms with Gasteiger partial charge in [-0.2, -0.15) is 15.6 Å². The number of hydrogen-bond acceptors (Lipinski definition) is 9. The van der Waals surface area contributed by atoms with E-state index in [2.05, 4.69) is 20.4 Å². The van der Waals surface area contributed by atoms with E-state index in [1.165, 1.54) is 48.8 Å². The van der Waals surface area contributed by atoms with Gasteiger partial charge in [0.15, 0.2) is 5.75 Å². The van der Waals surface area contributed by atoms with Gasteiger partial charge in [0.1, 0.15) is 11.1 Å². The number of primary sulfonamides is 1. The number of sulfonamides is 1. The molecule has 35 heavy (non-hydrogen) atoms. The number of nitrogens with zero attached hydrogens (tertiary/aromatic N) is 3. The number of rotatable bonds is 6. The van der Waals surface area contributed by atoms with Gasteiger partial charge < -0.3 is 9.57 Å². The summed E-state index contributed by atoms with van der Waals surface area (Å²) >= 11 is 0.699. The number of alkyl halides is 4. The Hall–Kier alpha value is -2.98. The molecule has 3 aromatic rings. The third-order valence-electron chi connectivity index (χ3n) is 4.73. The van der Waals surface area contributed by atoms with Crippen LogP contribution >= 0.6 is 11.8 Å². The summed E-state index contributed by atoms with van der Waals surface area (Å²) in [6.07, 6.45) is -2.28. The van der Waals surface area contributed by atoms with E-state index in [1.807, 2.05) is 0 Å². The monoisotopic (exact) mass is 531 g/mol. The summed E-state index contributed by atoms with van der Waals surface area (Å²) in [5.41, 5.74) is 2.75. The summed E-state index contributed by atoms with van der Waals surface area (Å²) in [6, 6.07) is 10.1. The Morgan fingerprint density at radius 1 is 1.17 bits per heavy atom. The molecular weight excluding hydrogens is 514 g/mol. The minimum absolute atomic E-state index is 0.0384. The molecule has 0 amide bonds. The number of nitrogens with two attached hydrogens (primary N) is 1. The van der Waals surface area contributed by atoms with Crippen molar-refractivity contribution >= 4 is 21.8 Å². The summed E-state index contributed by atoms with van der Waals surface area (Å²) in [7, 11) is -4.24. The average Bonchev–Trinajstić information content (AvgIpc) is 3.08. The molecule has 0 bridgehead atoms. The fraction of sp³-hybridized carbons (Fsp3) is 0.200. The van der Waals surface area contributed by atoms with Crippen LogP contribution in [0.1, 0.15) is 12.5 Å². The summed E-state index contributed by atoms with van der Waals surface area (Å²) < 4.78 is 82.1. The van der Waals surface area contributed by atoms with Crippen LogP contribution in [-0.2, 0) is 15.1 Å². The van der Waals surface area contributed by atoms with Gasteiger partial charge in [0.2, 0.25) is 10.0 Å². The third kappa shape index (κ3) is 5.65. The van der Waals surface area contributed by atoms with Crippen LogP contribution in [0.15, 0.2) is 65.8 Å². The van der Waals surface area contributed by atoms with Gasteiger partial charge in [0.25, 0.3) is 5.12 Å². The van der Waals surface area contributed by atoms with Crippen molar-refractivity contribution in [1.29, 1.82) is 0 Å². The van der Waals surface area contributed by atoms with E-state index in [-0.39, 0.29) is 16.9 Å².